The Bertz CT molecular complexity index is 795. The number of likely N-dealkylation sites (tertiary alicyclic amines) is 1. The highest BCUT2D eigenvalue weighted by Gasteiger charge is 2.26. The smallest absolute Gasteiger partial charge is 0.256 e. The quantitative estimate of drug-likeness (QED) is 0.894. The lowest BCUT2D eigenvalue weighted by Gasteiger charge is -2.31. The third-order valence-corrected chi connectivity index (χ3v) is 5.13. The molecule has 0 unspecified atom stereocenters. The number of rotatable bonds is 4. The van der Waals surface area contributed by atoms with Crippen LogP contribution in [0.3, 0.4) is 0 Å². The van der Waals surface area contributed by atoms with E-state index in [-0.39, 0.29) is 17.9 Å². The fraction of sp³-hybridized carbons (Fsp3) is 0.421. The lowest BCUT2D eigenvalue weighted by atomic mass is 10.0. The molecule has 2 amide bonds. The minimum Gasteiger partial charge on any atom is -0.349 e. The second-order valence-corrected chi connectivity index (χ2v) is 7.01. The van der Waals surface area contributed by atoms with Crippen LogP contribution in [0.4, 0.5) is 0 Å². The molecule has 0 aliphatic carbocycles. The summed E-state index contributed by atoms with van der Waals surface area (Å²) in [5, 5.41) is 7.82. The van der Waals surface area contributed by atoms with Crippen LogP contribution < -0.4 is 5.32 Å². The molecule has 3 rings (SSSR count). The molecule has 7 heteroatoms. The molecule has 1 aromatic heterocycles. The number of hydrogen-bond donors (Lipinski definition) is 1. The average molecular weight is 375 g/mol. The van der Waals surface area contributed by atoms with Crippen LogP contribution in [0.1, 0.15) is 41.4 Å². The van der Waals surface area contributed by atoms with Crippen LogP contribution in [0, 0.1) is 6.92 Å². The van der Waals surface area contributed by atoms with E-state index in [1.54, 1.807) is 23.4 Å². The number of amides is 2. The largest absolute Gasteiger partial charge is 0.349 e. The Morgan fingerprint density at radius 1 is 1.23 bits per heavy atom. The molecule has 0 spiro atoms. The summed E-state index contributed by atoms with van der Waals surface area (Å²) in [6, 6.07) is 9.91. The Kier molecular flexibility index (Phi) is 5.61. The second-order valence-electron chi connectivity index (χ2n) is 6.65. The number of nitrogens with one attached hydrogen (secondary N) is 1. The normalized spacial score (nSPS) is 15.1. The van der Waals surface area contributed by atoms with Crippen molar-refractivity contribution in [2.45, 2.75) is 39.3 Å². The van der Waals surface area contributed by atoms with E-state index in [2.05, 4.69) is 10.4 Å². The molecule has 1 N–H and O–H groups in total. The van der Waals surface area contributed by atoms with E-state index in [4.69, 9.17) is 11.6 Å². The molecule has 0 atom stereocenters. The van der Waals surface area contributed by atoms with Crippen LogP contribution in [0.25, 0.3) is 0 Å². The molecule has 1 aromatic carbocycles. The van der Waals surface area contributed by atoms with Crippen LogP contribution >= 0.6 is 11.6 Å². The van der Waals surface area contributed by atoms with Gasteiger partial charge in [0, 0.05) is 26.1 Å². The summed E-state index contributed by atoms with van der Waals surface area (Å²) in [5.41, 5.74) is 2.11. The first-order chi connectivity index (χ1) is 12.5. The first-order valence-corrected chi connectivity index (χ1v) is 9.16. The molecule has 1 aliphatic heterocycles. The molecule has 2 heterocycles. The van der Waals surface area contributed by atoms with Gasteiger partial charge in [0.05, 0.1) is 17.8 Å². The molecular weight excluding hydrogens is 352 g/mol. The maximum Gasteiger partial charge on any atom is 0.256 e. The highest BCUT2D eigenvalue weighted by molar-refractivity contribution is 6.33. The van der Waals surface area contributed by atoms with E-state index >= 15 is 0 Å². The standard InChI is InChI=1S/C19H23ClN4O2/c1-13-17(18(20)24(22-13)12-15-6-4-3-5-7-15)19(26)21-16-8-10-23(11-9-16)14(2)25/h3-7,16H,8-12H2,1-2H3,(H,21,26). The number of halogens is 1. The molecule has 26 heavy (non-hydrogen) atoms. The first-order valence-electron chi connectivity index (χ1n) is 8.79. The van der Waals surface area contributed by atoms with Gasteiger partial charge in [-0.05, 0) is 25.3 Å². The summed E-state index contributed by atoms with van der Waals surface area (Å²) in [5.74, 6) is -0.121. The molecule has 1 aliphatic rings. The Balaban J connectivity index is 1.67. The number of hydrogen-bond acceptors (Lipinski definition) is 3. The highest BCUT2D eigenvalue weighted by atomic mass is 35.5. The molecule has 0 bridgehead atoms. The predicted octanol–water partition coefficient (Wildman–Crippen LogP) is 2.63. The van der Waals surface area contributed by atoms with Gasteiger partial charge >= 0.3 is 0 Å². The maximum atomic E-state index is 12.7. The molecular formula is C19H23ClN4O2. The van der Waals surface area contributed by atoms with Crippen LogP contribution in [-0.2, 0) is 11.3 Å². The molecule has 2 aromatic rings. The van der Waals surface area contributed by atoms with Gasteiger partial charge in [0.15, 0.2) is 0 Å². The van der Waals surface area contributed by atoms with Gasteiger partial charge in [0.1, 0.15) is 5.15 Å². The lowest BCUT2D eigenvalue weighted by Crippen LogP contribution is -2.46. The third kappa shape index (κ3) is 4.07. The zero-order valence-electron chi connectivity index (χ0n) is 15.0. The topological polar surface area (TPSA) is 67.2 Å². The Hall–Kier alpha value is -2.34. The van der Waals surface area contributed by atoms with Crippen LogP contribution in [0.5, 0.6) is 0 Å². The monoisotopic (exact) mass is 374 g/mol. The Labute approximate surface area is 158 Å². The van der Waals surface area contributed by atoms with E-state index in [1.807, 2.05) is 30.3 Å². The lowest BCUT2D eigenvalue weighted by molar-refractivity contribution is -0.129. The van der Waals surface area contributed by atoms with Crippen molar-refractivity contribution >= 4 is 23.4 Å². The number of nitrogens with zero attached hydrogens (tertiary/aromatic N) is 3. The third-order valence-electron chi connectivity index (χ3n) is 4.74. The fourth-order valence-electron chi connectivity index (χ4n) is 3.27. The van der Waals surface area contributed by atoms with Crippen molar-refractivity contribution in [3.8, 4) is 0 Å². The van der Waals surface area contributed by atoms with Crippen LogP contribution in [0.15, 0.2) is 30.3 Å². The van der Waals surface area contributed by atoms with Gasteiger partial charge in [-0.3, -0.25) is 9.59 Å². The molecule has 0 radical (unpaired) electrons. The van der Waals surface area contributed by atoms with Gasteiger partial charge in [0.2, 0.25) is 5.91 Å². The summed E-state index contributed by atoms with van der Waals surface area (Å²) in [7, 11) is 0. The van der Waals surface area contributed by atoms with E-state index < -0.39 is 0 Å². The molecule has 138 valence electrons. The van der Waals surface area contributed by atoms with Crippen molar-refractivity contribution in [3.63, 3.8) is 0 Å². The predicted molar refractivity (Wildman–Crippen MR) is 100 cm³/mol. The van der Waals surface area contributed by atoms with Gasteiger partial charge in [-0.2, -0.15) is 5.10 Å². The van der Waals surface area contributed by atoms with Crippen molar-refractivity contribution in [3.05, 3.63) is 52.3 Å². The van der Waals surface area contributed by atoms with Crippen molar-refractivity contribution in [2.75, 3.05) is 13.1 Å². The van der Waals surface area contributed by atoms with Crippen molar-refractivity contribution < 1.29 is 9.59 Å². The number of aryl methyl sites for hydroxylation is 1. The number of carbonyl (C=O) groups excluding carboxylic acids is 2. The summed E-state index contributed by atoms with van der Waals surface area (Å²) in [6.45, 7) is 5.22. The number of carbonyl (C=O) groups is 2. The second kappa shape index (κ2) is 7.91. The zero-order valence-corrected chi connectivity index (χ0v) is 15.8. The van der Waals surface area contributed by atoms with Crippen molar-refractivity contribution in [1.29, 1.82) is 0 Å². The Morgan fingerprint density at radius 2 is 1.88 bits per heavy atom. The van der Waals surface area contributed by atoms with Gasteiger partial charge in [-0.1, -0.05) is 41.9 Å². The molecule has 6 nitrogen and oxygen atoms in total. The first kappa shape index (κ1) is 18.5. The van der Waals surface area contributed by atoms with Gasteiger partial charge in [-0.25, -0.2) is 4.68 Å². The van der Waals surface area contributed by atoms with Crippen molar-refractivity contribution in [1.82, 2.24) is 20.0 Å². The van der Waals surface area contributed by atoms with E-state index in [0.717, 1.165) is 18.4 Å². The number of benzene rings is 1. The minimum atomic E-state index is -0.201. The summed E-state index contributed by atoms with van der Waals surface area (Å²) in [4.78, 5) is 25.9. The van der Waals surface area contributed by atoms with Crippen LogP contribution in [-0.4, -0.2) is 45.6 Å². The van der Waals surface area contributed by atoms with Gasteiger partial charge in [0.25, 0.3) is 5.91 Å². The molecule has 1 saturated heterocycles. The molecule has 0 saturated carbocycles. The summed E-state index contributed by atoms with van der Waals surface area (Å²) >= 11 is 6.44. The summed E-state index contributed by atoms with van der Waals surface area (Å²) in [6.07, 6.45) is 1.50. The van der Waals surface area contributed by atoms with Crippen LogP contribution in [0.2, 0.25) is 5.15 Å². The van der Waals surface area contributed by atoms with E-state index in [1.165, 1.54) is 0 Å². The van der Waals surface area contributed by atoms with Gasteiger partial charge in [-0.15, -0.1) is 0 Å². The SMILES string of the molecule is CC(=O)N1CCC(NC(=O)c2c(C)nn(Cc3ccccc3)c2Cl)CC1. The van der Waals surface area contributed by atoms with Gasteiger partial charge < -0.3 is 10.2 Å². The number of piperidine rings is 1. The highest BCUT2D eigenvalue weighted by Crippen LogP contribution is 2.22. The fourth-order valence-corrected chi connectivity index (χ4v) is 3.59. The maximum absolute atomic E-state index is 12.7. The minimum absolute atomic E-state index is 0.0473. The van der Waals surface area contributed by atoms with E-state index in [9.17, 15) is 9.59 Å². The van der Waals surface area contributed by atoms with Crippen molar-refractivity contribution in [2.24, 2.45) is 0 Å². The Morgan fingerprint density at radius 3 is 2.50 bits per heavy atom. The summed E-state index contributed by atoms with van der Waals surface area (Å²) < 4.78 is 1.65. The average Bonchev–Trinajstić information content (AvgIpc) is 2.90. The van der Waals surface area contributed by atoms with E-state index in [0.29, 0.717) is 36.0 Å². The molecule has 1 fully saturated rings. The number of aromatic nitrogens is 2. The zero-order chi connectivity index (χ0) is 18.7.